The summed E-state index contributed by atoms with van der Waals surface area (Å²) in [4.78, 5) is 0. The quantitative estimate of drug-likeness (QED) is 0.882. The van der Waals surface area contributed by atoms with Crippen molar-refractivity contribution in [2.45, 2.75) is 26.6 Å². The van der Waals surface area contributed by atoms with Gasteiger partial charge in [-0.2, -0.15) is 8.78 Å². The number of ether oxygens (including phenoxy) is 2. The largest absolute Gasteiger partial charge is 0.493 e. The number of hydrogen-bond donors (Lipinski definition) is 1. The molecule has 0 radical (unpaired) electrons. The third-order valence-electron chi connectivity index (χ3n) is 2.46. The Morgan fingerprint density at radius 1 is 1.33 bits per heavy atom. The van der Waals surface area contributed by atoms with Crippen LogP contribution >= 0.6 is 0 Å². The summed E-state index contributed by atoms with van der Waals surface area (Å²) in [5, 5.41) is 9.35. The lowest BCUT2D eigenvalue weighted by atomic mass is 10.1. The number of benzene rings is 1. The Morgan fingerprint density at radius 2 is 2.00 bits per heavy atom. The summed E-state index contributed by atoms with van der Waals surface area (Å²) >= 11 is 0. The van der Waals surface area contributed by atoms with E-state index in [1.54, 1.807) is 32.1 Å². The first-order chi connectivity index (χ1) is 8.43. The SMILES string of the molecule is COc1ccc(/C=C(/C)C(C)O)cc1OC(F)F. The number of rotatable bonds is 5. The minimum absolute atomic E-state index is 0.0281. The maximum absolute atomic E-state index is 12.2. The third-order valence-corrected chi connectivity index (χ3v) is 2.46. The van der Waals surface area contributed by atoms with E-state index in [2.05, 4.69) is 4.74 Å². The molecule has 100 valence electrons. The van der Waals surface area contributed by atoms with Crippen molar-refractivity contribution in [3.63, 3.8) is 0 Å². The van der Waals surface area contributed by atoms with E-state index in [9.17, 15) is 13.9 Å². The molecule has 1 aromatic carbocycles. The maximum atomic E-state index is 12.2. The van der Waals surface area contributed by atoms with Crippen molar-refractivity contribution >= 4 is 6.08 Å². The summed E-state index contributed by atoms with van der Waals surface area (Å²) in [5.74, 6) is 0.210. The molecule has 3 nitrogen and oxygen atoms in total. The summed E-state index contributed by atoms with van der Waals surface area (Å²) < 4.78 is 33.7. The molecule has 18 heavy (non-hydrogen) atoms. The third kappa shape index (κ3) is 4.00. The van der Waals surface area contributed by atoms with Crippen molar-refractivity contribution in [1.29, 1.82) is 0 Å². The van der Waals surface area contributed by atoms with E-state index in [1.165, 1.54) is 13.2 Å². The molecule has 0 aromatic heterocycles. The zero-order valence-corrected chi connectivity index (χ0v) is 10.5. The Morgan fingerprint density at radius 3 is 2.50 bits per heavy atom. The van der Waals surface area contributed by atoms with Gasteiger partial charge < -0.3 is 14.6 Å². The predicted octanol–water partition coefficient (Wildman–Crippen LogP) is 3.08. The molecule has 0 saturated heterocycles. The van der Waals surface area contributed by atoms with Crippen LogP contribution in [-0.2, 0) is 0 Å². The van der Waals surface area contributed by atoms with E-state index in [-0.39, 0.29) is 11.5 Å². The van der Waals surface area contributed by atoms with Crippen molar-refractivity contribution in [2.24, 2.45) is 0 Å². The van der Waals surface area contributed by atoms with Gasteiger partial charge in [0.15, 0.2) is 11.5 Å². The van der Waals surface area contributed by atoms with Crippen LogP contribution in [0, 0.1) is 0 Å². The monoisotopic (exact) mass is 258 g/mol. The maximum Gasteiger partial charge on any atom is 0.387 e. The van der Waals surface area contributed by atoms with Crippen LogP contribution in [0.5, 0.6) is 11.5 Å². The topological polar surface area (TPSA) is 38.7 Å². The second kappa shape index (κ2) is 6.35. The molecule has 0 saturated carbocycles. The Labute approximate surface area is 105 Å². The highest BCUT2D eigenvalue weighted by Gasteiger charge is 2.11. The normalized spacial score (nSPS) is 13.6. The molecule has 1 unspecified atom stereocenters. The fraction of sp³-hybridized carbons (Fsp3) is 0.385. The number of hydrogen-bond acceptors (Lipinski definition) is 3. The zero-order chi connectivity index (χ0) is 13.7. The van der Waals surface area contributed by atoms with E-state index in [0.717, 1.165) is 5.57 Å². The predicted molar refractivity (Wildman–Crippen MR) is 65.0 cm³/mol. The van der Waals surface area contributed by atoms with Crippen LogP contribution in [0.15, 0.2) is 23.8 Å². The van der Waals surface area contributed by atoms with Gasteiger partial charge in [0, 0.05) is 0 Å². The number of aliphatic hydroxyl groups excluding tert-OH is 1. The molecule has 0 aliphatic carbocycles. The lowest BCUT2D eigenvalue weighted by Crippen LogP contribution is -2.04. The fourth-order valence-electron chi connectivity index (χ4n) is 1.35. The molecular formula is C13H16F2O3. The number of alkyl halides is 2. The van der Waals surface area contributed by atoms with Crippen molar-refractivity contribution in [3.8, 4) is 11.5 Å². The van der Waals surface area contributed by atoms with Gasteiger partial charge >= 0.3 is 6.61 Å². The Balaban J connectivity index is 3.06. The van der Waals surface area contributed by atoms with Gasteiger partial charge in [-0.05, 0) is 37.1 Å². The second-order valence-corrected chi connectivity index (χ2v) is 3.85. The Kier molecular flexibility index (Phi) is 5.09. The molecule has 1 rings (SSSR count). The molecule has 0 aliphatic heterocycles. The van der Waals surface area contributed by atoms with Gasteiger partial charge in [0.05, 0.1) is 13.2 Å². The van der Waals surface area contributed by atoms with E-state index in [0.29, 0.717) is 5.56 Å². The number of aliphatic hydroxyl groups is 1. The fourth-order valence-corrected chi connectivity index (χ4v) is 1.35. The first-order valence-corrected chi connectivity index (χ1v) is 5.43. The molecule has 0 heterocycles. The van der Waals surface area contributed by atoms with Gasteiger partial charge in [0.1, 0.15) is 0 Å². The van der Waals surface area contributed by atoms with Gasteiger partial charge in [-0.15, -0.1) is 0 Å². The van der Waals surface area contributed by atoms with Crippen LogP contribution in [0.3, 0.4) is 0 Å². The minimum atomic E-state index is -2.91. The summed E-state index contributed by atoms with van der Waals surface area (Å²) in [7, 11) is 1.38. The minimum Gasteiger partial charge on any atom is -0.493 e. The van der Waals surface area contributed by atoms with Crippen LogP contribution in [0.25, 0.3) is 6.08 Å². The van der Waals surface area contributed by atoms with E-state index in [4.69, 9.17) is 4.74 Å². The van der Waals surface area contributed by atoms with Crippen molar-refractivity contribution in [2.75, 3.05) is 7.11 Å². The summed E-state index contributed by atoms with van der Waals surface area (Å²) in [6.45, 7) is 0.477. The van der Waals surface area contributed by atoms with Crippen LogP contribution in [0.1, 0.15) is 19.4 Å². The van der Waals surface area contributed by atoms with Gasteiger partial charge in [-0.1, -0.05) is 12.1 Å². The van der Waals surface area contributed by atoms with E-state index in [1.807, 2.05) is 0 Å². The van der Waals surface area contributed by atoms with Crippen molar-refractivity contribution in [3.05, 3.63) is 29.3 Å². The first kappa shape index (κ1) is 14.4. The molecule has 1 N–H and O–H groups in total. The van der Waals surface area contributed by atoms with Crippen LogP contribution in [-0.4, -0.2) is 24.9 Å². The molecule has 0 spiro atoms. The molecule has 0 bridgehead atoms. The van der Waals surface area contributed by atoms with Gasteiger partial charge in [0.2, 0.25) is 0 Å². The average molecular weight is 258 g/mol. The van der Waals surface area contributed by atoms with E-state index >= 15 is 0 Å². The van der Waals surface area contributed by atoms with Gasteiger partial charge in [-0.3, -0.25) is 0 Å². The highest BCUT2D eigenvalue weighted by molar-refractivity contribution is 5.58. The molecule has 5 heteroatoms. The van der Waals surface area contributed by atoms with Crippen LogP contribution < -0.4 is 9.47 Å². The highest BCUT2D eigenvalue weighted by atomic mass is 19.3. The molecule has 1 atom stereocenters. The average Bonchev–Trinajstić information content (AvgIpc) is 2.28. The molecular weight excluding hydrogens is 242 g/mol. The smallest absolute Gasteiger partial charge is 0.387 e. The number of methoxy groups -OCH3 is 1. The summed E-state index contributed by atoms with van der Waals surface area (Å²) in [6.07, 6.45) is 1.11. The van der Waals surface area contributed by atoms with E-state index < -0.39 is 12.7 Å². The number of halogens is 2. The van der Waals surface area contributed by atoms with Crippen LogP contribution in [0.4, 0.5) is 8.78 Å². The lowest BCUT2D eigenvalue weighted by molar-refractivity contribution is -0.0512. The van der Waals surface area contributed by atoms with Crippen LogP contribution in [0.2, 0.25) is 0 Å². The Hall–Kier alpha value is -1.62. The molecule has 0 aliphatic rings. The molecule has 1 aromatic rings. The van der Waals surface area contributed by atoms with Crippen molar-refractivity contribution in [1.82, 2.24) is 0 Å². The summed E-state index contributed by atoms with van der Waals surface area (Å²) in [6, 6.07) is 4.68. The second-order valence-electron chi connectivity index (χ2n) is 3.85. The lowest BCUT2D eigenvalue weighted by Gasteiger charge is -2.11. The summed E-state index contributed by atoms with van der Waals surface area (Å²) in [5.41, 5.74) is 1.38. The zero-order valence-electron chi connectivity index (χ0n) is 10.5. The van der Waals surface area contributed by atoms with Crippen molar-refractivity contribution < 1.29 is 23.4 Å². The Bertz CT molecular complexity index is 428. The molecule has 0 amide bonds. The molecule has 0 fully saturated rings. The first-order valence-electron chi connectivity index (χ1n) is 5.43. The van der Waals surface area contributed by atoms with Gasteiger partial charge in [0.25, 0.3) is 0 Å². The standard InChI is InChI=1S/C13H16F2O3/c1-8(9(2)16)6-10-4-5-11(17-3)12(7-10)18-13(14)15/h4-7,9,13,16H,1-3H3/b8-6-. The highest BCUT2D eigenvalue weighted by Crippen LogP contribution is 2.30. The van der Waals surface area contributed by atoms with Gasteiger partial charge in [-0.25, -0.2) is 0 Å².